The van der Waals surface area contributed by atoms with Gasteiger partial charge in [-0.05, 0) is 32.0 Å². The minimum Gasteiger partial charge on any atom is -0.368 e. The van der Waals surface area contributed by atoms with Crippen molar-refractivity contribution in [1.82, 2.24) is 14.7 Å². The summed E-state index contributed by atoms with van der Waals surface area (Å²) in [5.74, 6) is -0.317. The third kappa shape index (κ3) is 3.79. The first-order chi connectivity index (χ1) is 11.8. The summed E-state index contributed by atoms with van der Waals surface area (Å²) in [5.41, 5.74) is 2.64. The second-order valence-corrected chi connectivity index (χ2v) is 6.98. The molecule has 0 radical (unpaired) electrons. The molecule has 0 saturated carbocycles. The summed E-state index contributed by atoms with van der Waals surface area (Å²) in [4.78, 5) is 16.7. The molecule has 1 fully saturated rings. The predicted octanol–water partition coefficient (Wildman–Crippen LogP) is 2.80. The Labute approximate surface area is 152 Å². The largest absolute Gasteiger partial charge is 0.368 e. The molecule has 134 valence electrons. The van der Waals surface area contributed by atoms with Crippen LogP contribution in [0.15, 0.2) is 24.4 Å². The Bertz CT molecular complexity index is 791. The van der Waals surface area contributed by atoms with Crippen LogP contribution in [0.2, 0.25) is 5.02 Å². The van der Waals surface area contributed by atoms with Gasteiger partial charge in [-0.25, -0.2) is 4.39 Å². The third-order valence-corrected chi connectivity index (χ3v) is 4.98. The minimum absolute atomic E-state index is 0.0527. The van der Waals surface area contributed by atoms with Crippen molar-refractivity contribution in [3.63, 3.8) is 0 Å². The van der Waals surface area contributed by atoms with E-state index < -0.39 is 5.82 Å². The molecule has 1 aliphatic rings. The normalized spacial score (nSPS) is 17.9. The van der Waals surface area contributed by atoms with E-state index in [1.807, 2.05) is 38.1 Å². The zero-order valence-corrected chi connectivity index (χ0v) is 15.4. The highest BCUT2D eigenvalue weighted by atomic mass is 35.5. The Balaban J connectivity index is 1.66. The molecule has 5 nitrogen and oxygen atoms in total. The second kappa shape index (κ2) is 7.04. The average Bonchev–Trinajstić information content (AvgIpc) is 2.87. The maximum Gasteiger partial charge on any atom is 0.227 e. The van der Waals surface area contributed by atoms with Crippen molar-refractivity contribution in [2.24, 2.45) is 7.05 Å². The summed E-state index contributed by atoms with van der Waals surface area (Å²) < 4.78 is 15.4. The van der Waals surface area contributed by atoms with Gasteiger partial charge in [0.2, 0.25) is 5.91 Å². The number of carbonyl (C=O) groups excluding carboxylic acids is 1. The summed E-state index contributed by atoms with van der Waals surface area (Å²) in [6.07, 6.45) is 2.25. The van der Waals surface area contributed by atoms with Crippen LogP contribution in [0.3, 0.4) is 0 Å². The van der Waals surface area contributed by atoms with Gasteiger partial charge in [0, 0.05) is 50.2 Å². The summed E-state index contributed by atoms with van der Waals surface area (Å²) in [6, 6.07) is 4.89. The quantitative estimate of drug-likeness (QED) is 0.841. The standard InChI is InChI=1S/C18H22ClFN4O/c1-12-10-23(15-4-5-16(19)17(20)9-15)6-7-24(12)18(25)8-14-11-22(3)21-13(14)2/h4-5,9,11-12H,6-8,10H2,1-3H3. The maximum atomic E-state index is 13.7. The number of amides is 1. The molecule has 1 aromatic heterocycles. The molecule has 7 heteroatoms. The monoisotopic (exact) mass is 364 g/mol. The van der Waals surface area contributed by atoms with Crippen molar-refractivity contribution in [3.05, 3.63) is 46.5 Å². The van der Waals surface area contributed by atoms with Gasteiger partial charge in [0.25, 0.3) is 0 Å². The molecular formula is C18H22ClFN4O. The minimum atomic E-state index is -0.419. The van der Waals surface area contributed by atoms with E-state index in [0.29, 0.717) is 26.1 Å². The lowest BCUT2D eigenvalue weighted by molar-refractivity contribution is -0.132. The van der Waals surface area contributed by atoms with E-state index in [1.165, 1.54) is 6.07 Å². The van der Waals surface area contributed by atoms with E-state index in [2.05, 4.69) is 10.00 Å². The summed E-state index contributed by atoms with van der Waals surface area (Å²) in [7, 11) is 1.85. The Morgan fingerprint density at radius 3 is 2.76 bits per heavy atom. The molecule has 0 aliphatic carbocycles. The highest BCUT2D eigenvalue weighted by Crippen LogP contribution is 2.24. The van der Waals surface area contributed by atoms with E-state index in [9.17, 15) is 9.18 Å². The molecule has 1 saturated heterocycles. The first kappa shape index (κ1) is 17.7. The number of aryl methyl sites for hydroxylation is 2. The molecular weight excluding hydrogens is 343 g/mol. The number of anilines is 1. The van der Waals surface area contributed by atoms with E-state index >= 15 is 0 Å². The van der Waals surface area contributed by atoms with E-state index in [4.69, 9.17) is 11.6 Å². The van der Waals surface area contributed by atoms with E-state index in [1.54, 1.807) is 10.7 Å². The van der Waals surface area contributed by atoms with Crippen LogP contribution in [0, 0.1) is 12.7 Å². The lowest BCUT2D eigenvalue weighted by Gasteiger charge is -2.41. The van der Waals surface area contributed by atoms with Gasteiger partial charge in [0.1, 0.15) is 5.82 Å². The zero-order chi connectivity index (χ0) is 18.1. The molecule has 1 aliphatic heterocycles. The van der Waals surface area contributed by atoms with Gasteiger partial charge in [-0.1, -0.05) is 11.6 Å². The van der Waals surface area contributed by atoms with Crippen LogP contribution in [0.1, 0.15) is 18.2 Å². The Hall–Kier alpha value is -2.08. The van der Waals surface area contributed by atoms with Gasteiger partial charge in [-0.3, -0.25) is 9.48 Å². The van der Waals surface area contributed by atoms with E-state index in [0.717, 1.165) is 16.9 Å². The van der Waals surface area contributed by atoms with Crippen LogP contribution in [-0.2, 0) is 18.3 Å². The van der Waals surface area contributed by atoms with Crippen LogP contribution >= 0.6 is 11.6 Å². The van der Waals surface area contributed by atoms with Crippen molar-refractivity contribution in [2.45, 2.75) is 26.3 Å². The van der Waals surface area contributed by atoms with Crippen LogP contribution < -0.4 is 4.90 Å². The molecule has 1 atom stereocenters. The first-order valence-electron chi connectivity index (χ1n) is 8.33. The number of piperazine rings is 1. The van der Waals surface area contributed by atoms with Gasteiger partial charge in [-0.2, -0.15) is 5.10 Å². The van der Waals surface area contributed by atoms with Crippen molar-refractivity contribution in [3.8, 4) is 0 Å². The van der Waals surface area contributed by atoms with Crippen molar-refractivity contribution in [2.75, 3.05) is 24.5 Å². The molecule has 1 unspecified atom stereocenters. The molecule has 0 spiro atoms. The van der Waals surface area contributed by atoms with Gasteiger partial charge < -0.3 is 9.80 Å². The molecule has 1 amide bonds. The van der Waals surface area contributed by atoms with Gasteiger partial charge in [0.15, 0.2) is 0 Å². The lowest BCUT2D eigenvalue weighted by Crippen LogP contribution is -2.54. The summed E-state index contributed by atoms with van der Waals surface area (Å²) in [6.45, 7) is 5.89. The van der Waals surface area contributed by atoms with Crippen LogP contribution in [0.4, 0.5) is 10.1 Å². The van der Waals surface area contributed by atoms with Crippen molar-refractivity contribution >= 4 is 23.2 Å². The molecule has 1 aromatic carbocycles. The molecule has 3 rings (SSSR count). The summed E-state index contributed by atoms with van der Waals surface area (Å²) in [5, 5.41) is 4.41. The SMILES string of the molecule is Cc1nn(C)cc1CC(=O)N1CCN(c2ccc(Cl)c(F)c2)CC1C. The number of carbonyl (C=O) groups is 1. The number of hydrogen-bond acceptors (Lipinski definition) is 3. The molecule has 2 aromatic rings. The average molecular weight is 365 g/mol. The molecule has 25 heavy (non-hydrogen) atoms. The second-order valence-electron chi connectivity index (χ2n) is 6.57. The number of halogens is 2. The van der Waals surface area contributed by atoms with Crippen molar-refractivity contribution < 1.29 is 9.18 Å². The number of rotatable bonds is 3. The zero-order valence-electron chi connectivity index (χ0n) is 14.7. The Morgan fingerprint density at radius 1 is 1.40 bits per heavy atom. The Kier molecular flexibility index (Phi) is 4.99. The van der Waals surface area contributed by atoms with Crippen LogP contribution in [-0.4, -0.2) is 46.3 Å². The molecule has 0 N–H and O–H groups in total. The van der Waals surface area contributed by atoms with Crippen molar-refractivity contribution in [1.29, 1.82) is 0 Å². The smallest absolute Gasteiger partial charge is 0.227 e. The Morgan fingerprint density at radius 2 is 2.16 bits per heavy atom. The maximum absolute atomic E-state index is 13.7. The van der Waals surface area contributed by atoms with Crippen LogP contribution in [0.25, 0.3) is 0 Å². The van der Waals surface area contributed by atoms with Gasteiger partial charge in [0.05, 0.1) is 17.1 Å². The number of aromatic nitrogens is 2. The number of nitrogens with zero attached hydrogens (tertiary/aromatic N) is 4. The number of benzene rings is 1. The fourth-order valence-electron chi connectivity index (χ4n) is 3.33. The fourth-order valence-corrected chi connectivity index (χ4v) is 3.45. The van der Waals surface area contributed by atoms with Crippen LogP contribution in [0.5, 0.6) is 0 Å². The van der Waals surface area contributed by atoms with Gasteiger partial charge in [-0.15, -0.1) is 0 Å². The number of hydrogen-bond donors (Lipinski definition) is 0. The summed E-state index contributed by atoms with van der Waals surface area (Å²) >= 11 is 5.75. The molecule has 2 heterocycles. The highest BCUT2D eigenvalue weighted by molar-refractivity contribution is 6.30. The third-order valence-electron chi connectivity index (χ3n) is 4.67. The van der Waals surface area contributed by atoms with Gasteiger partial charge >= 0.3 is 0 Å². The highest BCUT2D eigenvalue weighted by Gasteiger charge is 2.28. The predicted molar refractivity (Wildman–Crippen MR) is 96.4 cm³/mol. The lowest BCUT2D eigenvalue weighted by atomic mass is 10.1. The van der Waals surface area contributed by atoms with E-state index in [-0.39, 0.29) is 17.0 Å². The first-order valence-corrected chi connectivity index (χ1v) is 8.71. The fraction of sp³-hybridized carbons (Fsp3) is 0.444. The molecule has 0 bridgehead atoms. The topological polar surface area (TPSA) is 41.4 Å².